The molecule has 5 rings (SSSR count). The number of aliphatic hydroxyl groups is 1. The zero-order valence-electron chi connectivity index (χ0n) is 20.5. The number of hydrogen-bond donors (Lipinski definition) is 2. The average molecular weight is 495 g/mol. The number of likely N-dealkylation sites (tertiary alicyclic amines) is 1. The van der Waals surface area contributed by atoms with Crippen molar-refractivity contribution in [2.24, 2.45) is 0 Å². The van der Waals surface area contributed by atoms with Crippen LogP contribution in [0, 0.1) is 12.7 Å². The average Bonchev–Trinajstić information content (AvgIpc) is 2.87. The first kappa shape index (κ1) is 24.7. The number of carbonyl (C=O) groups excluding carboxylic acids is 1. The second kappa shape index (κ2) is 10.2. The molecule has 0 unspecified atom stereocenters. The number of aryl methyl sites for hydroxylation is 1. The van der Waals surface area contributed by atoms with Crippen LogP contribution < -0.4 is 5.32 Å². The van der Waals surface area contributed by atoms with Crippen molar-refractivity contribution >= 4 is 16.8 Å². The number of benzene rings is 1. The number of alkyl halides is 1. The minimum atomic E-state index is -1.47. The van der Waals surface area contributed by atoms with Gasteiger partial charge in [-0.15, -0.1) is 0 Å². The molecule has 8 heteroatoms. The minimum absolute atomic E-state index is 0.126. The van der Waals surface area contributed by atoms with Crippen molar-refractivity contribution in [1.82, 2.24) is 20.2 Å². The molecule has 3 heterocycles. The smallest absolute Gasteiger partial charge is 0.270 e. The number of carbonyl (C=O) groups is 1. The fraction of sp³-hybridized carbons (Fsp3) is 0.464. The van der Waals surface area contributed by atoms with Crippen LogP contribution in [0.15, 0.2) is 42.6 Å². The first-order valence-corrected chi connectivity index (χ1v) is 12.7. The van der Waals surface area contributed by atoms with E-state index in [0.29, 0.717) is 56.4 Å². The molecule has 36 heavy (non-hydrogen) atoms. The lowest BCUT2D eigenvalue weighted by Gasteiger charge is -2.36. The van der Waals surface area contributed by atoms with E-state index in [-0.39, 0.29) is 17.3 Å². The van der Waals surface area contributed by atoms with E-state index in [4.69, 9.17) is 0 Å². The van der Waals surface area contributed by atoms with Gasteiger partial charge in [0.25, 0.3) is 5.91 Å². The number of aliphatic hydroxyl groups excluding tert-OH is 1. The number of piperidine rings is 1. The van der Waals surface area contributed by atoms with Gasteiger partial charge in [-0.2, -0.15) is 0 Å². The van der Waals surface area contributed by atoms with Gasteiger partial charge in [0.05, 0.1) is 17.8 Å². The number of amides is 1. The summed E-state index contributed by atoms with van der Waals surface area (Å²) >= 11 is 0. The van der Waals surface area contributed by atoms with Crippen molar-refractivity contribution < 1.29 is 18.7 Å². The zero-order chi connectivity index (χ0) is 25.3. The monoisotopic (exact) mass is 494 g/mol. The number of aromatic nitrogens is 2. The van der Waals surface area contributed by atoms with Gasteiger partial charge in [-0.05, 0) is 68.0 Å². The second-order valence-electron chi connectivity index (χ2n) is 10.2. The summed E-state index contributed by atoms with van der Waals surface area (Å²) in [5.74, 6) is -0.910. The van der Waals surface area contributed by atoms with Crippen LogP contribution in [-0.4, -0.2) is 51.1 Å². The summed E-state index contributed by atoms with van der Waals surface area (Å²) in [6.07, 6.45) is 4.92. The van der Waals surface area contributed by atoms with Crippen molar-refractivity contribution in [3.8, 4) is 0 Å². The number of rotatable bonds is 5. The SMILES string of the molecule is Cc1ccnc(C2(F)CCN(Cc3cc(C(=O)N[C@H]4CCCC[C@@H]4O)nc4c(F)cccc34)CC2)c1. The van der Waals surface area contributed by atoms with Crippen LogP contribution in [-0.2, 0) is 12.2 Å². The van der Waals surface area contributed by atoms with E-state index in [1.54, 1.807) is 24.4 Å². The summed E-state index contributed by atoms with van der Waals surface area (Å²) in [5.41, 5.74) is 1.03. The van der Waals surface area contributed by atoms with Crippen LogP contribution in [0.1, 0.15) is 65.8 Å². The van der Waals surface area contributed by atoms with Gasteiger partial charge >= 0.3 is 0 Å². The summed E-state index contributed by atoms with van der Waals surface area (Å²) < 4.78 is 30.4. The van der Waals surface area contributed by atoms with Crippen molar-refractivity contribution in [3.63, 3.8) is 0 Å². The van der Waals surface area contributed by atoms with Gasteiger partial charge in [-0.1, -0.05) is 25.0 Å². The van der Waals surface area contributed by atoms with Crippen LogP contribution in [0.3, 0.4) is 0 Å². The molecule has 0 bridgehead atoms. The first-order valence-electron chi connectivity index (χ1n) is 12.7. The number of hydrogen-bond acceptors (Lipinski definition) is 5. The first-order chi connectivity index (χ1) is 17.3. The van der Waals surface area contributed by atoms with Crippen LogP contribution in [0.4, 0.5) is 8.78 Å². The van der Waals surface area contributed by atoms with Gasteiger partial charge in [0.1, 0.15) is 17.0 Å². The number of fused-ring (bicyclic) bond motifs is 1. The topological polar surface area (TPSA) is 78.4 Å². The Morgan fingerprint density at radius 2 is 1.97 bits per heavy atom. The number of halogens is 2. The van der Waals surface area contributed by atoms with Crippen LogP contribution >= 0.6 is 0 Å². The van der Waals surface area contributed by atoms with E-state index >= 15 is 4.39 Å². The molecular weight excluding hydrogens is 462 g/mol. The van der Waals surface area contributed by atoms with Crippen LogP contribution in [0.5, 0.6) is 0 Å². The standard InChI is InChI=1S/C28H32F2N4O2/c1-18-9-12-31-25(15-18)28(30)10-13-34(14-11-28)17-19-16-23(32-26-20(19)5-4-6-21(26)29)27(36)33-22-7-2-3-8-24(22)35/h4-6,9,12,15-16,22,24,35H,2-3,7-8,10-11,13-14,17H2,1H3,(H,33,36)/t22-,24-/m0/s1. The van der Waals surface area contributed by atoms with E-state index < -0.39 is 23.5 Å². The second-order valence-corrected chi connectivity index (χ2v) is 10.2. The number of pyridine rings is 2. The lowest BCUT2D eigenvalue weighted by Crippen LogP contribution is -2.45. The zero-order valence-corrected chi connectivity index (χ0v) is 20.5. The molecular formula is C28H32F2N4O2. The number of nitrogens with zero attached hydrogens (tertiary/aromatic N) is 3. The lowest BCUT2D eigenvalue weighted by molar-refractivity contribution is 0.0491. The Balaban J connectivity index is 1.36. The third-order valence-corrected chi connectivity index (χ3v) is 7.57. The van der Waals surface area contributed by atoms with Crippen molar-refractivity contribution in [3.05, 3.63) is 70.9 Å². The Morgan fingerprint density at radius 1 is 1.19 bits per heavy atom. The van der Waals surface area contributed by atoms with Gasteiger partial charge in [-0.3, -0.25) is 14.7 Å². The van der Waals surface area contributed by atoms with Gasteiger partial charge < -0.3 is 10.4 Å². The molecule has 6 nitrogen and oxygen atoms in total. The Bertz CT molecular complexity index is 1260. The molecule has 2 atom stereocenters. The summed E-state index contributed by atoms with van der Waals surface area (Å²) in [6.45, 7) is 3.41. The summed E-state index contributed by atoms with van der Waals surface area (Å²) in [4.78, 5) is 23.8. The summed E-state index contributed by atoms with van der Waals surface area (Å²) in [7, 11) is 0. The van der Waals surface area contributed by atoms with Gasteiger partial charge in [0.15, 0.2) is 5.67 Å². The Kier molecular flexibility index (Phi) is 6.99. The molecule has 3 aromatic rings. The summed E-state index contributed by atoms with van der Waals surface area (Å²) in [5, 5.41) is 13.8. The third-order valence-electron chi connectivity index (χ3n) is 7.57. The molecule has 190 valence electrons. The lowest BCUT2D eigenvalue weighted by atomic mass is 9.88. The molecule has 1 amide bonds. The highest BCUT2D eigenvalue weighted by Crippen LogP contribution is 2.37. The number of para-hydroxylation sites is 1. The van der Waals surface area contributed by atoms with Gasteiger partial charge in [0, 0.05) is 31.2 Å². The fourth-order valence-electron chi connectivity index (χ4n) is 5.40. The van der Waals surface area contributed by atoms with Crippen molar-refractivity contribution in [2.75, 3.05) is 13.1 Å². The molecule has 0 radical (unpaired) electrons. The summed E-state index contributed by atoms with van der Waals surface area (Å²) in [6, 6.07) is 9.80. The van der Waals surface area contributed by atoms with E-state index in [2.05, 4.69) is 20.2 Å². The van der Waals surface area contributed by atoms with Gasteiger partial charge in [0.2, 0.25) is 0 Å². The molecule has 2 aliphatic rings. The minimum Gasteiger partial charge on any atom is -0.391 e. The maximum absolute atomic E-state index is 15.7. The molecule has 1 aliphatic carbocycles. The van der Waals surface area contributed by atoms with E-state index in [1.165, 1.54) is 6.07 Å². The van der Waals surface area contributed by atoms with Crippen LogP contribution in [0.25, 0.3) is 10.9 Å². The maximum atomic E-state index is 15.7. The highest BCUT2D eigenvalue weighted by molar-refractivity contribution is 5.96. The molecule has 2 N–H and O–H groups in total. The van der Waals surface area contributed by atoms with E-state index in [1.807, 2.05) is 19.1 Å². The molecule has 1 saturated heterocycles. The molecule has 1 aromatic carbocycles. The van der Waals surface area contributed by atoms with Crippen molar-refractivity contribution in [1.29, 1.82) is 0 Å². The van der Waals surface area contributed by atoms with Crippen molar-refractivity contribution in [2.45, 2.75) is 69.8 Å². The largest absolute Gasteiger partial charge is 0.391 e. The van der Waals surface area contributed by atoms with E-state index in [9.17, 15) is 14.3 Å². The Morgan fingerprint density at radius 3 is 2.72 bits per heavy atom. The van der Waals surface area contributed by atoms with Gasteiger partial charge in [-0.25, -0.2) is 13.8 Å². The molecule has 1 aliphatic heterocycles. The fourth-order valence-corrected chi connectivity index (χ4v) is 5.40. The highest BCUT2D eigenvalue weighted by atomic mass is 19.1. The third kappa shape index (κ3) is 5.11. The van der Waals surface area contributed by atoms with E-state index in [0.717, 1.165) is 24.0 Å². The molecule has 0 spiro atoms. The Labute approximate surface area is 209 Å². The van der Waals surface area contributed by atoms with Crippen LogP contribution in [0.2, 0.25) is 0 Å². The highest BCUT2D eigenvalue weighted by Gasteiger charge is 2.37. The molecule has 1 saturated carbocycles. The molecule has 2 aromatic heterocycles. The normalized spacial score (nSPS) is 22.4. The predicted molar refractivity (Wildman–Crippen MR) is 134 cm³/mol. The maximum Gasteiger partial charge on any atom is 0.270 e. The Hall–Kier alpha value is -2.97. The quantitative estimate of drug-likeness (QED) is 0.543. The molecule has 2 fully saturated rings. The predicted octanol–water partition coefficient (Wildman–Crippen LogP) is 4.57. The number of nitrogens with one attached hydrogen (secondary N) is 1.